The fourth-order valence-corrected chi connectivity index (χ4v) is 4.19. The molecular weight excluding hydrogens is 390 g/mol. The van der Waals surface area contributed by atoms with Gasteiger partial charge in [-0.15, -0.1) is 0 Å². The second kappa shape index (κ2) is 8.21. The van der Waals surface area contributed by atoms with Gasteiger partial charge < -0.3 is 9.64 Å². The highest BCUT2D eigenvalue weighted by Gasteiger charge is 2.28. The molecule has 2 aromatic heterocycles. The zero-order chi connectivity index (χ0) is 22.2. The van der Waals surface area contributed by atoms with E-state index in [9.17, 15) is 4.79 Å². The van der Waals surface area contributed by atoms with Crippen LogP contribution in [0.5, 0.6) is 0 Å². The van der Waals surface area contributed by atoms with Gasteiger partial charge in [-0.2, -0.15) is 10.2 Å². The van der Waals surface area contributed by atoms with Crippen molar-refractivity contribution < 1.29 is 9.53 Å². The Kier molecular flexibility index (Phi) is 5.60. The Labute approximate surface area is 183 Å². The fraction of sp³-hybridized carbons (Fsp3) is 0.458. The summed E-state index contributed by atoms with van der Waals surface area (Å²) in [6.45, 7) is 11.2. The van der Waals surface area contributed by atoms with Gasteiger partial charge in [-0.25, -0.2) is 9.48 Å². The lowest BCUT2D eigenvalue weighted by molar-refractivity contribution is 0.0185. The third-order valence-corrected chi connectivity index (χ3v) is 5.67. The molecule has 3 heterocycles. The summed E-state index contributed by atoms with van der Waals surface area (Å²) in [5, 5.41) is 9.41. The van der Waals surface area contributed by atoms with Crippen LogP contribution in [-0.4, -0.2) is 49.2 Å². The van der Waals surface area contributed by atoms with Crippen LogP contribution in [0.4, 0.5) is 4.79 Å². The number of aryl methyl sites for hydroxylation is 1. The molecule has 1 aliphatic rings. The molecule has 0 N–H and O–H groups in total. The monoisotopic (exact) mass is 421 g/mol. The van der Waals surface area contributed by atoms with E-state index in [1.54, 1.807) is 4.90 Å². The van der Waals surface area contributed by atoms with Crippen molar-refractivity contribution in [1.82, 2.24) is 24.5 Å². The van der Waals surface area contributed by atoms with Crippen molar-refractivity contribution in [2.24, 2.45) is 0 Å². The van der Waals surface area contributed by atoms with Crippen LogP contribution in [-0.2, 0) is 4.74 Å². The van der Waals surface area contributed by atoms with E-state index in [0.717, 1.165) is 41.0 Å². The van der Waals surface area contributed by atoms with Crippen molar-refractivity contribution in [2.45, 2.75) is 59.1 Å². The number of rotatable bonds is 3. The van der Waals surface area contributed by atoms with E-state index in [-0.39, 0.29) is 12.1 Å². The topological polar surface area (TPSA) is 65.2 Å². The maximum atomic E-state index is 12.3. The molecule has 0 saturated carbocycles. The first-order valence-corrected chi connectivity index (χ1v) is 10.9. The minimum absolute atomic E-state index is 0.230. The number of hydrogen-bond acceptors (Lipinski definition) is 4. The Morgan fingerprint density at radius 1 is 1.10 bits per heavy atom. The van der Waals surface area contributed by atoms with Crippen LogP contribution < -0.4 is 0 Å². The predicted molar refractivity (Wildman–Crippen MR) is 120 cm³/mol. The number of aromatic nitrogens is 4. The number of ether oxygens (including phenoxy) is 1. The summed E-state index contributed by atoms with van der Waals surface area (Å²) in [6, 6.07) is 10.4. The molecule has 1 aromatic carbocycles. The largest absolute Gasteiger partial charge is 0.444 e. The first kappa shape index (κ1) is 21.2. The molecule has 0 unspecified atom stereocenters. The number of likely N-dealkylation sites (tertiary alicyclic amines) is 1. The van der Waals surface area contributed by atoms with Gasteiger partial charge in [0.25, 0.3) is 0 Å². The Morgan fingerprint density at radius 3 is 2.42 bits per heavy atom. The maximum absolute atomic E-state index is 12.3. The van der Waals surface area contributed by atoms with Crippen LogP contribution in [0.3, 0.4) is 0 Å². The average molecular weight is 422 g/mol. The smallest absolute Gasteiger partial charge is 0.410 e. The van der Waals surface area contributed by atoms with Gasteiger partial charge in [0.05, 0.1) is 23.6 Å². The summed E-state index contributed by atoms with van der Waals surface area (Å²) >= 11 is 0. The normalized spacial score (nSPS) is 15.3. The standard InChI is InChI=1S/C24H31N5O2/c1-17-22(18(2)29(26-17)21-9-7-6-8-10-21)19-15-25-28(16-19)20-11-13-27(14-12-20)23(30)31-24(3,4)5/h6-10,15-16,20H,11-14H2,1-5H3. The number of para-hydroxylation sites is 1. The van der Waals surface area contributed by atoms with Crippen molar-refractivity contribution in [3.63, 3.8) is 0 Å². The molecule has 0 bridgehead atoms. The number of carbonyl (C=O) groups excluding carboxylic acids is 1. The summed E-state index contributed by atoms with van der Waals surface area (Å²) < 4.78 is 9.53. The van der Waals surface area contributed by atoms with Gasteiger partial charge in [0, 0.05) is 36.1 Å². The molecule has 31 heavy (non-hydrogen) atoms. The minimum Gasteiger partial charge on any atom is -0.444 e. The van der Waals surface area contributed by atoms with Crippen molar-refractivity contribution in [1.29, 1.82) is 0 Å². The second-order valence-electron chi connectivity index (χ2n) is 9.20. The van der Waals surface area contributed by atoms with Gasteiger partial charge in [-0.1, -0.05) is 18.2 Å². The highest BCUT2D eigenvalue weighted by atomic mass is 16.6. The Balaban J connectivity index is 1.48. The second-order valence-corrected chi connectivity index (χ2v) is 9.20. The van der Waals surface area contributed by atoms with Crippen LogP contribution >= 0.6 is 0 Å². The number of hydrogen-bond donors (Lipinski definition) is 0. The van der Waals surface area contributed by atoms with Crippen LogP contribution in [0.25, 0.3) is 16.8 Å². The number of nitrogens with zero attached hydrogens (tertiary/aromatic N) is 5. The van der Waals surface area contributed by atoms with Crippen LogP contribution in [0.15, 0.2) is 42.7 Å². The zero-order valence-corrected chi connectivity index (χ0v) is 19.0. The fourth-order valence-electron chi connectivity index (χ4n) is 4.19. The maximum Gasteiger partial charge on any atom is 0.410 e. The van der Waals surface area contributed by atoms with Crippen LogP contribution in [0.2, 0.25) is 0 Å². The molecule has 7 nitrogen and oxygen atoms in total. The Bertz CT molecular complexity index is 1050. The number of carbonyl (C=O) groups is 1. The third kappa shape index (κ3) is 4.50. The molecule has 3 aromatic rings. The number of piperidine rings is 1. The van der Waals surface area contributed by atoms with Crippen molar-refractivity contribution in [3.05, 3.63) is 54.1 Å². The van der Waals surface area contributed by atoms with Crippen LogP contribution in [0, 0.1) is 13.8 Å². The van der Waals surface area contributed by atoms with Gasteiger partial charge >= 0.3 is 6.09 Å². The molecule has 4 rings (SSSR count). The first-order valence-electron chi connectivity index (χ1n) is 10.9. The molecule has 0 radical (unpaired) electrons. The molecule has 0 aliphatic carbocycles. The molecule has 1 aliphatic heterocycles. The molecule has 0 spiro atoms. The first-order chi connectivity index (χ1) is 14.7. The summed E-state index contributed by atoms with van der Waals surface area (Å²) in [7, 11) is 0. The highest BCUT2D eigenvalue weighted by Crippen LogP contribution is 2.31. The quantitative estimate of drug-likeness (QED) is 0.602. The van der Waals surface area contributed by atoms with E-state index < -0.39 is 5.60 Å². The molecule has 7 heteroatoms. The van der Waals surface area contributed by atoms with Gasteiger partial charge in [0.15, 0.2) is 0 Å². The molecular formula is C24H31N5O2. The molecule has 1 fully saturated rings. The summed E-state index contributed by atoms with van der Waals surface area (Å²) in [6.07, 6.45) is 5.53. The summed E-state index contributed by atoms with van der Waals surface area (Å²) in [5.41, 5.74) is 4.87. The van der Waals surface area contributed by atoms with Gasteiger partial charge in [-0.3, -0.25) is 4.68 Å². The van der Waals surface area contributed by atoms with E-state index in [2.05, 4.69) is 30.4 Å². The summed E-state index contributed by atoms with van der Waals surface area (Å²) in [4.78, 5) is 14.1. The van der Waals surface area contributed by atoms with E-state index in [4.69, 9.17) is 9.84 Å². The highest BCUT2D eigenvalue weighted by molar-refractivity contribution is 5.69. The van der Waals surface area contributed by atoms with Gasteiger partial charge in [-0.05, 0) is 59.6 Å². The van der Waals surface area contributed by atoms with E-state index >= 15 is 0 Å². The van der Waals surface area contributed by atoms with Crippen molar-refractivity contribution in [2.75, 3.05) is 13.1 Å². The average Bonchev–Trinajstić information content (AvgIpc) is 3.32. The molecule has 164 valence electrons. The number of benzene rings is 1. The molecule has 1 amide bonds. The van der Waals surface area contributed by atoms with Gasteiger partial charge in [0.2, 0.25) is 0 Å². The SMILES string of the molecule is Cc1nn(-c2ccccc2)c(C)c1-c1cnn(C2CCN(C(=O)OC(C)(C)C)CC2)c1. The molecule has 0 atom stereocenters. The minimum atomic E-state index is -0.468. The van der Waals surface area contributed by atoms with E-state index in [0.29, 0.717) is 13.1 Å². The Morgan fingerprint density at radius 2 is 1.77 bits per heavy atom. The lowest BCUT2D eigenvalue weighted by Crippen LogP contribution is -2.42. The van der Waals surface area contributed by atoms with Crippen molar-refractivity contribution >= 4 is 6.09 Å². The van der Waals surface area contributed by atoms with Crippen LogP contribution in [0.1, 0.15) is 51.0 Å². The predicted octanol–water partition coefficient (Wildman–Crippen LogP) is 4.92. The third-order valence-electron chi connectivity index (χ3n) is 5.67. The zero-order valence-electron chi connectivity index (χ0n) is 19.0. The lowest BCUT2D eigenvalue weighted by Gasteiger charge is -2.33. The van der Waals surface area contributed by atoms with E-state index in [1.165, 1.54) is 0 Å². The Hall–Kier alpha value is -3.09. The van der Waals surface area contributed by atoms with Crippen molar-refractivity contribution in [3.8, 4) is 16.8 Å². The molecule has 1 saturated heterocycles. The summed E-state index contributed by atoms with van der Waals surface area (Å²) in [5.74, 6) is 0. The number of amides is 1. The van der Waals surface area contributed by atoms with Gasteiger partial charge in [0.1, 0.15) is 5.60 Å². The van der Waals surface area contributed by atoms with E-state index in [1.807, 2.05) is 61.5 Å². The lowest BCUT2D eigenvalue weighted by atomic mass is 10.1.